The molecule has 0 atom stereocenters. The van der Waals surface area contributed by atoms with Gasteiger partial charge in [0.1, 0.15) is 22.8 Å². The molecule has 0 unspecified atom stereocenters. The molecule has 144 valence electrons. The third kappa shape index (κ3) is 3.09. The summed E-state index contributed by atoms with van der Waals surface area (Å²) in [7, 11) is 1.65. The van der Waals surface area contributed by atoms with E-state index in [4.69, 9.17) is 4.74 Å². The quantitative estimate of drug-likeness (QED) is 0.648. The van der Waals surface area contributed by atoms with Gasteiger partial charge in [-0.25, -0.2) is 4.98 Å². The Balaban J connectivity index is 1.62. The number of hydrogen-bond acceptors (Lipinski definition) is 6. The maximum Gasteiger partial charge on any atom is 0.270 e. The van der Waals surface area contributed by atoms with Gasteiger partial charge in [-0.15, -0.1) is 0 Å². The Hall–Kier alpha value is -3.35. The van der Waals surface area contributed by atoms with E-state index in [1.54, 1.807) is 19.4 Å². The maximum absolute atomic E-state index is 12.8. The molecule has 1 fully saturated rings. The fourth-order valence-corrected chi connectivity index (χ4v) is 3.61. The predicted octanol–water partition coefficient (Wildman–Crippen LogP) is 2.15. The first kappa shape index (κ1) is 18.0. The molecule has 1 saturated heterocycles. The molecule has 3 heterocycles. The van der Waals surface area contributed by atoms with E-state index in [0.29, 0.717) is 30.8 Å². The van der Waals surface area contributed by atoms with E-state index in [1.807, 2.05) is 42.2 Å². The van der Waals surface area contributed by atoms with Crippen LogP contribution in [0.2, 0.25) is 0 Å². The lowest BCUT2D eigenvalue weighted by Crippen LogP contribution is -2.47. The highest BCUT2D eigenvalue weighted by molar-refractivity contribution is 5.83. The zero-order chi connectivity index (χ0) is 19.7. The van der Waals surface area contributed by atoms with Crippen molar-refractivity contribution < 1.29 is 9.53 Å². The Morgan fingerprint density at radius 2 is 1.71 bits per heavy atom. The highest BCUT2D eigenvalue weighted by Gasteiger charge is 2.23. The van der Waals surface area contributed by atoms with Crippen molar-refractivity contribution in [2.24, 2.45) is 0 Å². The van der Waals surface area contributed by atoms with Crippen molar-refractivity contribution in [3.8, 4) is 5.75 Å². The number of aldehydes is 1. The minimum Gasteiger partial charge on any atom is -0.497 e. The lowest BCUT2D eigenvalue weighted by molar-refractivity contribution is 0.112. The number of carbonyl (C=O) groups excluding carboxylic acids is 1. The van der Waals surface area contributed by atoms with E-state index in [1.165, 1.54) is 4.40 Å². The summed E-state index contributed by atoms with van der Waals surface area (Å²) in [5, 5.41) is 0. The van der Waals surface area contributed by atoms with Crippen LogP contribution in [0.3, 0.4) is 0 Å². The number of benzene rings is 1. The van der Waals surface area contributed by atoms with E-state index >= 15 is 0 Å². The van der Waals surface area contributed by atoms with Crippen molar-refractivity contribution in [3.63, 3.8) is 0 Å². The highest BCUT2D eigenvalue weighted by Crippen LogP contribution is 2.23. The number of fused-ring (bicyclic) bond motifs is 1. The normalized spacial score (nSPS) is 14.4. The Kier molecular flexibility index (Phi) is 4.73. The molecule has 1 aliphatic heterocycles. The first-order valence-corrected chi connectivity index (χ1v) is 9.23. The summed E-state index contributed by atoms with van der Waals surface area (Å²) in [6.07, 6.45) is 2.27. The predicted molar refractivity (Wildman–Crippen MR) is 109 cm³/mol. The molecule has 2 aromatic heterocycles. The molecule has 28 heavy (non-hydrogen) atoms. The van der Waals surface area contributed by atoms with Crippen molar-refractivity contribution in [1.29, 1.82) is 0 Å². The summed E-state index contributed by atoms with van der Waals surface area (Å²) in [4.78, 5) is 33.4. The topological polar surface area (TPSA) is 67.2 Å². The molecule has 0 saturated carbocycles. The fourth-order valence-electron chi connectivity index (χ4n) is 3.61. The zero-order valence-electron chi connectivity index (χ0n) is 16.0. The van der Waals surface area contributed by atoms with Crippen molar-refractivity contribution in [2.45, 2.75) is 6.92 Å². The van der Waals surface area contributed by atoms with Crippen molar-refractivity contribution in [1.82, 2.24) is 9.38 Å². The van der Waals surface area contributed by atoms with Gasteiger partial charge in [-0.1, -0.05) is 6.07 Å². The molecule has 3 aromatic rings. The summed E-state index contributed by atoms with van der Waals surface area (Å²) in [5.74, 6) is 1.30. The minimum absolute atomic E-state index is 0.112. The summed E-state index contributed by atoms with van der Waals surface area (Å²) < 4.78 is 6.65. The smallest absolute Gasteiger partial charge is 0.270 e. The third-order valence-electron chi connectivity index (χ3n) is 5.20. The number of nitrogens with zero attached hydrogens (tertiary/aromatic N) is 4. The van der Waals surface area contributed by atoms with Crippen molar-refractivity contribution in [3.05, 3.63) is 64.1 Å². The van der Waals surface area contributed by atoms with E-state index in [9.17, 15) is 9.59 Å². The number of piperazine rings is 1. The molecule has 0 N–H and O–H groups in total. The number of hydrogen-bond donors (Lipinski definition) is 0. The largest absolute Gasteiger partial charge is 0.497 e. The van der Waals surface area contributed by atoms with Crippen LogP contribution >= 0.6 is 0 Å². The molecule has 0 amide bonds. The third-order valence-corrected chi connectivity index (χ3v) is 5.20. The van der Waals surface area contributed by atoms with Crippen LogP contribution in [0.4, 0.5) is 11.5 Å². The minimum atomic E-state index is -0.323. The monoisotopic (exact) mass is 378 g/mol. The van der Waals surface area contributed by atoms with E-state index in [-0.39, 0.29) is 11.1 Å². The summed E-state index contributed by atoms with van der Waals surface area (Å²) in [6.45, 7) is 4.83. The maximum atomic E-state index is 12.8. The lowest BCUT2D eigenvalue weighted by atomic mass is 10.2. The molecule has 4 rings (SSSR count). The van der Waals surface area contributed by atoms with Gasteiger partial charge in [0.05, 0.1) is 7.11 Å². The van der Waals surface area contributed by atoms with E-state index < -0.39 is 0 Å². The van der Waals surface area contributed by atoms with Gasteiger partial charge < -0.3 is 14.5 Å². The molecule has 7 nitrogen and oxygen atoms in total. The Labute approximate surface area is 162 Å². The van der Waals surface area contributed by atoms with Gasteiger partial charge in [0.25, 0.3) is 5.56 Å². The van der Waals surface area contributed by atoms with Crippen LogP contribution in [-0.4, -0.2) is 49.0 Å². The molecular weight excluding hydrogens is 356 g/mol. The average molecular weight is 378 g/mol. The molecule has 0 radical (unpaired) electrons. The molecule has 0 bridgehead atoms. The Morgan fingerprint density at radius 3 is 2.36 bits per heavy atom. The second kappa shape index (κ2) is 7.34. The van der Waals surface area contributed by atoms with Crippen LogP contribution < -0.4 is 20.1 Å². The number of ether oxygens (including phenoxy) is 1. The van der Waals surface area contributed by atoms with Crippen molar-refractivity contribution >= 4 is 23.4 Å². The van der Waals surface area contributed by atoms with Crippen LogP contribution in [0, 0.1) is 6.92 Å². The van der Waals surface area contributed by atoms with E-state index in [2.05, 4.69) is 9.88 Å². The van der Waals surface area contributed by atoms with Crippen LogP contribution in [-0.2, 0) is 0 Å². The molecule has 7 heteroatoms. The van der Waals surface area contributed by atoms with Crippen LogP contribution in [0.15, 0.2) is 47.4 Å². The molecular formula is C21H22N4O3. The summed E-state index contributed by atoms with van der Waals surface area (Å²) in [5.41, 5.74) is 2.40. The molecule has 1 aliphatic rings. The Bertz CT molecular complexity index is 1070. The van der Waals surface area contributed by atoms with Crippen LogP contribution in [0.5, 0.6) is 5.75 Å². The van der Waals surface area contributed by atoms with Crippen LogP contribution in [0.25, 0.3) is 5.65 Å². The average Bonchev–Trinajstić information content (AvgIpc) is 2.74. The highest BCUT2D eigenvalue weighted by atomic mass is 16.5. The first-order chi connectivity index (χ1) is 13.6. The Morgan fingerprint density at radius 1 is 1.04 bits per heavy atom. The molecule has 1 aromatic carbocycles. The van der Waals surface area contributed by atoms with Gasteiger partial charge in [-0.3, -0.25) is 14.0 Å². The first-order valence-electron chi connectivity index (χ1n) is 9.23. The lowest BCUT2D eigenvalue weighted by Gasteiger charge is -2.37. The SMILES string of the molecule is COc1ccc(N2CCN(c3nc4c(C)cccn4c(=O)c3C=O)CC2)cc1. The number of carbonyl (C=O) groups is 1. The van der Waals surface area contributed by atoms with Gasteiger partial charge in [0, 0.05) is 38.1 Å². The van der Waals surface area contributed by atoms with Gasteiger partial charge in [-0.2, -0.15) is 0 Å². The van der Waals surface area contributed by atoms with Crippen LogP contribution in [0.1, 0.15) is 15.9 Å². The second-order valence-corrected chi connectivity index (χ2v) is 6.83. The van der Waals surface area contributed by atoms with Gasteiger partial charge in [0.15, 0.2) is 6.29 Å². The number of anilines is 2. The van der Waals surface area contributed by atoms with Gasteiger partial charge in [0.2, 0.25) is 0 Å². The standard InChI is InChI=1S/C21H22N4O3/c1-15-4-3-9-25-19(15)22-20(18(14-26)21(25)27)24-12-10-23(11-13-24)16-5-7-17(28-2)8-6-16/h3-9,14H,10-13H2,1-2H3. The fraction of sp³-hybridized carbons (Fsp3) is 0.286. The number of aromatic nitrogens is 2. The molecule has 0 aliphatic carbocycles. The second-order valence-electron chi connectivity index (χ2n) is 6.83. The van der Waals surface area contributed by atoms with Crippen molar-refractivity contribution in [2.75, 3.05) is 43.1 Å². The van der Waals surface area contributed by atoms with Gasteiger partial charge in [-0.05, 0) is 42.8 Å². The van der Waals surface area contributed by atoms with Gasteiger partial charge >= 0.3 is 0 Å². The number of methoxy groups -OCH3 is 1. The number of aryl methyl sites for hydroxylation is 1. The summed E-state index contributed by atoms with van der Waals surface area (Å²) in [6, 6.07) is 11.7. The number of rotatable bonds is 4. The summed E-state index contributed by atoms with van der Waals surface area (Å²) >= 11 is 0. The number of pyridine rings is 1. The molecule has 0 spiro atoms. The van der Waals surface area contributed by atoms with E-state index in [0.717, 1.165) is 30.1 Å². The zero-order valence-corrected chi connectivity index (χ0v) is 16.0.